The smallest absolute Gasteiger partial charge is 0.0747 e. The Morgan fingerprint density at radius 3 is 3.07 bits per heavy atom. The van der Waals surface area contributed by atoms with Gasteiger partial charge in [0.15, 0.2) is 0 Å². The van der Waals surface area contributed by atoms with Crippen LogP contribution in [0.3, 0.4) is 0 Å². The molecule has 2 rings (SSSR count). The monoisotopic (exact) mass is 216 g/mol. The topological polar surface area (TPSA) is 33.3 Å². The van der Waals surface area contributed by atoms with E-state index in [1.807, 2.05) is 0 Å². The summed E-state index contributed by atoms with van der Waals surface area (Å²) in [5.41, 5.74) is 0. The van der Waals surface area contributed by atoms with Crippen LogP contribution >= 0.6 is 11.8 Å². The molecule has 82 valence electrons. The average Bonchev–Trinajstić information content (AvgIpc) is 2.62. The van der Waals surface area contributed by atoms with Crippen molar-refractivity contribution in [1.29, 1.82) is 0 Å². The van der Waals surface area contributed by atoms with Crippen LogP contribution in [0.25, 0.3) is 0 Å². The van der Waals surface area contributed by atoms with Gasteiger partial charge in [-0.1, -0.05) is 0 Å². The predicted octanol–water partition coefficient (Wildman–Crippen LogP) is 0.317. The van der Waals surface area contributed by atoms with Gasteiger partial charge in [0.25, 0.3) is 0 Å². The van der Waals surface area contributed by atoms with Crippen LogP contribution in [0, 0.1) is 5.92 Å². The lowest BCUT2D eigenvalue weighted by Gasteiger charge is -2.24. The lowest BCUT2D eigenvalue weighted by Crippen LogP contribution is -2.38. The van der Waals surface area contributed by atoms with Crippen LogP contribution in [0.4, 0.5) is 0 Å². The number of ether oxygens (including phenoxy) is 1. The fourth-order valence-electron chi connectivity index (χ4n) is 2.00. The van der Waals surface area contributed by atoms with Crippen molar-refractivity contribution in [2.45, 2.75) is 12.5 Å². The molecule has 0 saturated carbocycles. The van der Waals surface area contributed by atoms with Crippen molar-refractivity contribution < 1.29 is 4.74 Å². The molecule has 2 fully saturated rings. The van der Waals surface area contributed by atoms with Gasteiger partial charge < -0.3 is 15.4 Å². The highest BCUT2D eigenvalue weighted by Gasteiger charge is 2.24. The summed E-state index contributed by atoms with van der Waals surface area (Å²) >= 11 is 2.05. The van der Waals surface area contributed by atoms with E-state index in [-0.39, 0.29) is 0 Å². The maximum absolute atomic E-state index is 5.88. The number of hydrogen-bond donors (Lipinski definition) is 2. The molecule has 0 radical (unpaired) electrons. The van der Waals surface area contributed by atoms with E-state index in [0.717, 1.165) is 39.2 Å². The Morgan fingerprint density at radius 2 is 2.07 bits per heavy atom. The zero-order valence-electron chi connectivity index (χ0n) is 8.63. The minimum atomic E-state index is 0.426. The Kier molecular flexibility index (Phi) is 4.57. The van der Waals surface area contributed by atoms with Gasteiger partial charge in [-0.05, 0) is 18.7 Å². The molecule has 2 N–H and O–H groups in total. The summed E-state index contributed by atoms with van der Waals surface area (Å²) in [6.07, 6.45) is 1.58. The SMILES string of the molecule is C1CNCC(C2CNCCSC2)OC1. The molecule has 2 heterocycles. The van der Waals surface area contributed by atoms with E-state index in [9.17, 15) is 0 Å². The Morgan fingerprint density at radius 1 is 1.14 bits per heavy atom. The van der Waals surface area contributed by atoms with Gasteiger partial charge in [-0.25, -0.2) is 0 Å². The second kappa shape index (κ2) is 5.95. The highest BCUT2D eigenvalue weighted by molar-refractivity contribution is 7.99. The van der Waals surface area contributed by atoms with Gasteiger partial charge in [0, 0.05) is 37.9 Å². The Balaban J connectivity index is 1.83. The highest BCUT2D eigenvalue weighted by atomic mass is 32.2. The zero-order chi connectivity index (χ0) is 9.64. The van der Waals surface area contributed by atoms with E-state index in [4.69, 9.17) is 4.74 Å². The maximum Gasteiger partial charge on any atom is 0.0747 e. The summed E-state index contributed by atoms with van der Waals surface area (Å²) in [7, 11) is 0. The van der Waals surface area contributed by atoms with E-state index < -0.39 is 0 Å². The summed E-state index contributed by atoms with van der Waals surface area (Å²) < 4.78 is 5.88. The first-order chi connectivity index (χ1) is 6.97. The molecule has 2 aliphatic rings. The molecule has 14 heavy (non-hydrogen) atoms. The zero-order valence-corrected chi connectivity index (χ0v) is 9.44. The molecule has 3 nitrogen and oxygen atoms in total. The quantitative estimate of drug-likeness (QED) is 0.661. The third-order valence-corrected chi connectivity index (χ3v) is 4.02. The van der Waals surface area contributed by atoms with Crippen molar-refractivity contribution in [1.82, 2.24) is 10.6 Å². The predicted molar refractivity (Wildman–Crippen MR) is 60.9 cm³/mol. The van der Waals surface area contributed by atoms with Crippen LogP contribution in [-0.4, -0.2) is 50.4 Å². The Labute approximate surface area is 90.3 Å². The molecule has 2 atom stereocenters. The Hall–Kier alpha value is 0.230. The molecule has 0 spiro atoms. The lowest BCUT2D eigenvalue weighted by atomic mass is 10.0. The van der Waals surface area contributed by atoms with Gasteiger partial charge >= 0.3 is 0 Å². The summed E-state index contributed by atoms with van der Waals surface area (Å²) in [6, 6.07) is 0. The molecule has 0 aromatic carbocycles. The molecule has 2 aliphatic heterocycles. The van der Waals surface area contributed by atoms with Crippen LogP contribution in [0.2, 0.25) is 0 Å². The van der Waals surface area contributed by atoms with Gasteiger partial charge in [-0.2, -0.15) is 11.8 Å². The van der Waals surface area contributed by atoms with E-state index in [1.165, 1.54) is 11.5 Å². The van der Waals surface area contributed by atoms with E-state index in [1.54, 1.807) is 0 Å². The third-order valence-electron chi connectivity index (χ3n) is 2.86. The fourth-order valence-corrected chi connectivity index (χ4v) is 3.09. The van der Waals surface area contributed by atoms with E-state index >= 15 is 0 Å². The molecule has 0 aromatic rings. The minimum Gasteiger partial charge on any atom is -0.376 e. The number of thioether (sulfide) groups is 1. The average molecular weight is 216 g/mol. The summed E-state index contributed by atoms with van der Waals surface area (Å²) in [5, 5.41) is 6.94. The third kappa shape index (κ3) is 3.12. The van der Waals surface area contributed by atoms with Crippen molar-refractivity contribution in [3.8, 4) is 0 Å². The second-order valence-corrected chi connectivity index (χ2v) is 5.16. The number of rotatable bonds is 1. The standard InChI is InChI=1S/C10H20N2OS/c1-2-11-7-10(13-4-1)9-6-12-3-5-14-8-9/h9-12H,1-8H2. The molecule has 0 aromatic heterocycles. The molecule has 2 saturated heterocycles. The molecule has 4 heteroatoms. The largest absolute Gasteiger partial charge is 0.376 e. The van der Waals surface area contributed by atoms with Crippen molar-refractivity contribution in [2.24, 2.45) is 5.92 Å². The second-order valence-electron chi connectivity index (χ2n) is 4.01. The fraction of sp³-hybridized carbons (Fsp3) is 1.00. The lowest BCUT2D eigenvalue weighted by molar-refractivity contribution is 0.0324. The van der Waals surface area contributed by atoms with Gasteiger partial charge in [-0.3, -0.25) is 0 Å². The molecule has 0 bridgehead atoms. The number of nitrogens with one attached hydrogen (secondary N) is 2. The van der Waals surface area contributed by atoms with Gasteiger partial charge in [0.2, 0.25) is 0 Å². The van der Waals surface area contributed by atoms with Crippen LogP contribution in [-0.2, 0) is 4.74 Å². The molecule has 0 amide bonds. The van der Waals surface area contributed by atoms with Gasteiger partial charge in [-0.15, -0.1) is 0 Å². The molecular weight excluding hydrogens is 196 g/mol. The van der Waals surface area contributed by atoms with E-state index in [2.05, 4.69) is 22.4 Å². The first-order valence-corrected chi connectivity index (χ1v) is 6.73. The van der Waals surface area contributed by atoms with Crippen LogP contribution in [0.5, 0.6) is 0 Å². The van der Waals surface area contributed by atoms with Crippen molar-refractivity contribution >= 4 is 11.8 Å². The van der Waals surface area contributed by atoms with Crippen molar-refractivity contribution in [3.05, 3.63) is 0 Å². The van der Waals surface area contributed by atoms with E-state index in [0.29, 0.717) is 12.0 Å². The summed E-state index contributed by atoms with van der Waals surface area (Å²) in [6.45, 7) is 5.36. The van der Waals surface area contributed by atoms with Crippen molar-refractivity contribution in [2.75, 3.05) is 44.3 Å². The summed E-state index contributed by atoms with van der Waals surface area (Å²) in [4.78, 5) is 0. The first kappa shape index (κ1) is 10.7. The molecule has 2 unspecified atom stereocenters. The molecular formula is C10H20N2OS. The van der Waals surface area contributed by atoms with Crippen LogP contribution < -0.4 is 10.6 Å². The minimum absolute atomic E-state index is 0.426. The van der Waals surface area contributed by atoms with Crippen molar-refractivity contribution in [3.63, 3.8) is 0 Å². The van der Waals surface area contributed by atoms with Gasteiger partial charge in [0.05, 0.1) is 6.10 Å². The first-order valence-electron chi connectivity index (χ1n) is 5.57. The summed E-state index contributed by atoms with van der Waals surface area (Å²) in [5.74, 6) is 3.18. The molecule has 0 aliphatic carbocycles. The highest BCUT2D eigenvalue weighted by Crippen LogP contribution is 2.17. The normalized spacial score (nSPS) is 36.0. The number of hydrogen-bond acceptors (Lipinski definition) is 4. The van der Waals surface area contributed by atoms with Crippen LogP contribution in [0.1, 0.15) is 6.42 Å². The van der Waals surface area contributed by atoms with Crippen LogP contribution in [0.15, 0.2) is 0 Å². The Bertz CT molecular complexity index is 134. The maximum atomic E-state index is 5.88. The van der Waals surface area contributed by atoms with Gasteiger partial charge in [0.1, 0.15) is 0 Å².